The van der Waals surface area contributed by atoms with Gasteiger partial charge in [-0.1, -0.05) is 42.5 Å². The summed E-state index contributed by atoms with van der Waals surface area (Å²) >= 11 is 0. The molecule has 0 spiro atoms. The number of hydrogen-bond acceptors (Lipinski definition) is 3. The minimum absolute atomic E-state index is 0.0755. The van der Waals surface area contributed by atoms with Crippen LogP contribution >= 0.6 is 0 Å². The summed E-state index contributed by atoms with van der Waals surface area (Å²) in [6.45, 7) is 0. The number of nitrogens with one attached hydrogen (secondary N) is 1. The summed E-state index contributed by atoms with van der Waals surface area (Å²) in [6, 6.07) is 20.7. The number of methoxy groups -OCH3 is 1. The van der Waals surface area contributed by atoms with Crippen molar-refractivity contribution in [3.63, 3.8) is 0 Å². The number of hydrogen-bond donors (Lipinski definition) is 1. The minimum atomic E-state index is -0.306. The zero-order valence-corrected chi connectivity index (χ0v) is 13.4. The molecule has 2 aromatic carbocycles. The molecule has 3 rings (SSSR count). The van der Waals surface area contributed by atoms with Crippen molar-refractivity contribution in [3.8, 4) is 5.75 Å². The second kappa shape index (κ2) is 7.51. The number of carbonyl (C=O) groups excluding carboxylic acids is 1. The fourth-order valence-electron chi connectivity index (χ4n) is 2.60. The number of furan rings is 1. The molecule has 1 amide bonds. The van der Waals surface area contributed by atoms with Gasteiger partial charge in [0.1, 0.15) is 17.6 Å². The van der Waals surface area contributed by atoms with E-state index in [2.05, 4.69) is 5.32 Å². The van der Waals surface area contributed by atoms with Crippen LogP contribution in [0.1, 0.15) is 22.9 Å². The lowest BCUT2D eigenvalue weighted by molar-refractivity contribution is -0.121. The van der Waals surface area contributed by atoms with Crippen LogP contribution in [0.3, 0.4) is 0 Å². The Morgan fingerprint density at radius 1 is 1.08 bits per heavy atom. The maximum absolute atomic E-state index is 12.5. The summed E-state index contributed by atoms with van der Waals surface area (Å²) in [5.41, 5.74) is 1.88. The number of ether oxygens (including phenoxy) is 1. The molecule has 1 aromatic heterocycles. The van der Waals surface area contributed by atoms with Crippen LogP contribution in [0.15, 0.2) is 77.4 Å². The van der Waals surface area contributed by atoms with E-state index >= 15 is 0 Å². The van der Waals surface area contributed by atoms with Crippen LogP contribution in [0.2, 0.25) is 0 Å². The third-order valence-corrected chi connectivity index (χ3v) is 3.76. The molecule has 4 nitrogen and oxygen atoms in total. The summed E-state index contributed by atoms with van der Waals surface area (Å²) in [4.78, 5) is 12.5. The van der Waals surface area contributed by atoms with Crippen molar-refractivity contribution in [2.75, 3.05) is 7.11 Å². The van der Waals surface area contributed by atoms with Crippen molar-refractivity contribution >= 4 is 5.91 Å². The van der Waals surface area contributed by atoms with Gasteiger partial charge >= 0.3 is 0 Å². The van der Waals surface area contributed by atoms with Crippen molar-refractivity contribution in [2.45, 2.75) is 12.5 Å². The monoisotopic (exact) mass is 321 g/mol. The van der Waals surface area contributed by atoms with Gasteiger partial charge in [-0.15, -0.1) is 0 Å². The Labute approximate surface area is 141 Å². The largest absolute Gasteiger partial charge is 0.497 e. The zero-order chi connectivity index (χ0) is 16.8. The smallest absolute Gasteiger partial charge is 0.225 e. The van der Waals surface area contributed by atoms with E-state index in [0.717, 1.165) is 16.9 Å². The Balaban J connectivity index is 1.76. The van der Waals surface area contributed by atoms with Crippen molar-refractivity contribution < 1.29 is 13.9 Å². The highest BCUT2D eigenvalue weighted by Crippen LogP contribution is 2.22. The van der Waals surface area contributed by atoms with Crippen LogP contribution in [-0.2, 0) is 11.2 Å². The molecule has 0 aliphatic rings. The fraction of sp³-hybridized carbons (Fsp3) is 0.150. The van der Waals surface area contributed by atoms with E-state index in [1.54, 1.807) is 13.4 Å². The highest BCUT2D eigenvalue weighted by molar-refractivity contribution is 5.79. The Morgan fingerprint density at radius 2 is 1.92 bits per heavy atom. The molecule has 1 unspecified atom stereocenters. The summed E-state index contributed by atoms with van der Waals surface area (Å²) in [6.07, 6.45) is 1.89. The van der Waals surface area contributed by atoms with E-state index in [9.17, 15) is 4.79 Å². The standard InChI is InChI=1S/C20H19NO3/c1-23-17-10-5-7-15(13-17)14-19(22)21-20(18-11-6-12-24-18)16-8-3-2-4-9-16/h2-13,20H,14H2,1H3,(H,21,22). The normalized spacial score (nSPS) is 11.7. The first-order valence-electron chi connectivity index (χ1n) is 7.77. The molecule has 24 heavy (non-hydrogen) atoms. The molecule has 4 heteroatoms. The highest BCUT2D eigenvalue weighted by Gasteiger charge is 2.19. The molecule has 0 saturated heterocycles. The van der Waals surface area contributed by atoms with Crippen LogP contribution in [0, 0.1) is 0 Å². The van der Waals surface area contributed by atoms with Crippen LogP contribution in [-0.4, -0.2) is 13.0 Å². The molecule has 0 radical (unpaired) electrons. The first kappa shape index (κ1) is 15.9. The van der Waals surface area contributed by atoms with E-state index in [4.69, 9.17) is 9.15 Å². The topological polar surface area (TPSA) is 51.5 Å². The van der Waals surface area contributed by atoms with Gasteiger partial charge in [0.15, 0.2) is 0 Å². The van der Waals surface area contributed by atoms with Gasteiger partial charge in [-0.25, -0.2) is 0 Å². The lowest BCUT2D eigenvalue weighted by Gasteiger charge is -2.17. The van der Waals surface area contributed by atoms with E-state index in [-0.39, 0.29) is 18.4 Å². The SMILES string of the molecule is COc1cccc(CC(=O)NC(c2ccccc2)c2ccco2)c1. The minimum Gasteiger partial charge on any atom is -0.497 e. The van der Waals surface area contributed by atoms with Gasteiger partial charge in [0.05, 0.1) is 19.8 Å². The molecule has 0 fully saturated rings. The zero-order valence-electron chi connectivity index (χ0n) is 13.4. The van der Waals surface area contributed by atoms with Gasteiger partial charge in [-0.05, 0) is 35.4 Å². The summed E-state index contributed by atoms with van der Waals surface area (Å²) in [7, 11) is 1.61. The first-order chi connectivity index (χ1) is 11.8. The Bertz CT molecular complexity index is 782. The highest BCUT2D eigenvalue weighted by atomic mass is 16.5. The molecular formula is C20H19NO3. The molecule has 0 bridgehead atoms. The molecule has 122 valence electrons. The average molecular weight is 321 g/mol. The summed E-state index contributed by atoms with van der Waals surface area (Å²) < 4.78 is 10.7. The van der Waals surface area contributed by atoms with Crippen LogP contribution in [0.25, 0.3) is 0 Å². The second-order valence-corrected chi connectivity index (χ2v) is 5.45. The van der Waals surface area contributed by atoms with Gasteiger partial charge in [0.25, 0.3) is 0 Å². The van der Waals surface area contributed by atoms with Gasteiger partial charge in [0.2, 0.25) is 5.91 Å². The number of amides is 1. The van der Waals surface area contributed by atoms with Crippen molar-refractivity contribution in [2.24, 2.45) is 0 Å². The Kier molecular flexibility index (Phi) is 4.96. The first-order valence-corrected chi connectivity index (χ1v) is 7.77. The Morgan fingerprint density at radius 3 is 2.62 bits per heavy atom. The van der Waals surface area contributed by atoms with Crippen LogP contribution in [0.5, 0.6) is 5.75 Å². The Hall–Kier alpha value is -3.01. The number of carbonyl (C=O) groups is 1. The van der Waals surface area contributed by atoms with Gasteiger partial charge in [0, 0.05) is 0 Å². The predicted octanol–water partition coefficient (Wildman–Crippen LogP) is 3.74. The van der Waals surface area contributed by atoms with E-state index in [0.29, 0.717) is 5.76 Å². The number of rotatable bonds is 6. The third kappa shape index (κ3) is 3.84. The second-order valence-electron chi connectivity index (χ2n) is 5.45. The molecule has 3 aromatic rings. The van der Waals surface area contributed by atoms with Crippen molar-refractivity contribution in [1.82, 2.24) is 5.32 Å². The molecule has 1 N–H and O–H groups in total. The number of benzene rings is 2. The molecule has 0 aliphatic carbocycles. The quantitative estimate of drug-likeness (QED) is 0.752. The maximum atomic E-state index is 12.5. The van der Waals surface area contributed by atoms with Crippen LogP contribution in [0.4, 0.5) is 0 Å². The van der Waals surface area contributed by atoms with Crippen molar-refractivity contribution in [3.05, 3.63) is 89.9 Å². The molecule has 0 saturated carbocycles. The van der Waals surface area contributed by atoms with E-state index in [1.165, 1.54) is 0 Å². The van der Waals surface area contributed by atoms with E-state index in [1.807, 2.05) is 66.7 Å². The summed E-state index contributed by atoms with van der Waals surface area (Å²) in [5.74, 6) is 1.37. The fourth-order valence-corrected chi connectivity index (χ4v) is 2.60. The maximum Gasteiger partial charge on any atom is 0.225 e. The predicted molar refractivity (Wildman–Crippen MR) is 91.8 cm³/mol. The molecule has 0 aliphatic heterocycles. The van der Waals surface area contributed by atoms with Gasteiger partial charge in [-0.3, -0.25) is 4.79 Å². The van der Waals surface area contributed by atoms with Crippen LogP contribution < -0.4 is 10.1 Å². The van der Waals surface area contributed by atoms with Crippen molar-refractivity contribution in [1.29, 1.82) is 0 Å². The lowest BCUT2D eigenvalue weighted by Crippen LogP contribution is -2.30. The molecule has 1 atom stereocenters. The molecule has 1 heterocycles. The third-order valence-electron chi connectivity index (χ3n) is 3.76. The van der Waals surface area contributed by atoms with Gasteiger partial charge < -0.3 is 14.5 Å². The average Bonchev–Trinajstić information content (AvgIpc) is 3.15. The molecular weight excluding hydrogens is 302 g/mol. The lowest BCUT2D eigenvalue weighted by atomic mass is 10.0. The van der Waals surface area contributed by atoms with Gasteiger partial charge in [-0.2, -0.15) is 0 Å². The summed E-state index contributed by atoms with van der Waals surface area (Å²) in [5, 5.41) is 3.05. The van der Waals surface area contributed by atoms with E-state index < -0.39 is 0 Å².